The molecule has 1 aliphatic rings. The molecular formula is C20H22N2O4. The van der Waals surface area contributed by atoms with Crippen LogP contribution in [-0.2, 0) is 4.74 Å². The first-order valence-electron chi connectivity index (χ1n) is 8.63. The minimum absolute atomic E-state index is 0.148. The predicted molar refractivity (Wildman–Crippen MR) is 97.0 cm³/mol. The number of ether oxygens (including phenoxy) is 2. The van der Waals surface area contributed by atoms with Crippen molar-refractivity contribution >= 4 is 11.8 Å². The van der Waals surface area contributed by atoms with E-state index in [1.807, 2.05) is 13.0 Å². The Morgan fingerprint density at radius 3 is 2.46 bits per heavy atom. The number of benzene rings is 2. The molecule has 3 rings (SSSR count). The van der Waals surface area contributed by atoms with Crippen molar-refractivity contribution in [1.29, 1.82) is 0 Å². The lowest BCUT2D eigenvalue weighted by molar-refractivity contribution is 0.0679. The Labute approximate surface area is 152 Å². The second-order valence-electron chi connectivity index (χ2n) is 6.25. The lowest BCUT2D eigenvalue weighted by Gasteiger charge is -2.12. The smallest absolute Gasteiger partial charge is 0.269 e. The highest BCUT2D eigenvalue weighted by Gasteiger charge is 2.16. The average Bonchev–Trinajstić information content (AvgIpc) is 3.18. The minimum Gasteiger partial charge on any atom is -0.491 e. The van der Waals surface area contributed by atoms with Crippen molar-refractivity contribution < 1.29 is 19.1 Å². The molecular weight excluding hydrogens is 332 g/mol. The van der Waals surface area contributed by atoms with E-state index >= 15 is 0 Å². The van der Waals surface area contributed by atoms with Crippen molar-refractivity contribution in [2.75, 3.05) is 13.2 Å². The zero-order valence-electron chi connectivity index (χ0n) is 14.7. The van der Waals surface area contributed by atoms with Gasteiger partial charge in [0.15, 0.2) is 0 Å². The van der Waals surface area contributed by atoms with Crippen molar-refractivity contribution in [3.05, 3.63) is 65.2 Å². The van der Waals surface area contributed by atoms with Crippen LogP contribution in [0, 0.1) is 6.92 Å². The van der Waals surface area contributed by atoms with Gasteiger partial charge in [-0.2, -0.15) is 0 Å². The van der Waals surface area contributed by atoms with Crippen LogP contribution in [0.4, 0.5) is 0 Å². The van der Waals surface area contributed by atoms with Crippen molar-refractivity contribution in [3.8, 4) is 5.75 Å². The van der Waals surface area contributed by atoms with Crippen molar-refractivity contribution in [2.45, 2.75) is 25.9 Å². The van der Waals surface area contributed by atoms with Crippen LogP contribution in [0.5, 0.6) is 5.75 Å². The molecule has 26 heavy (non-hydrogen) atoms. The highest BCUT2D eigenvalue weighted by Crippen LogP contribution is 2.16. The summed E-state index contributed by atoms with van der Waals surface area (Å²) in [7, 11) is 0. The Balaban J connectivity index is 1.49. The number of hydrazine groups is 1. The summed E-state index contributed by atoms with van der Waals surface area (Å²) in [5, 5.41) is 0. The number of nitrogens with one attached hydrogen (secondary N) is 2. The fraction of sp³-hybridized carbons (Fsp3) is 0.300. The normalized spacial score (nSPS) is 16.1. The highest BCUT2D eigenvalue weighted by atomic mass is 16.5. The first kappa shape index (κ1) is 17.9. The lowest BCUT2D eigenvalue weighted by atomic mass is 10.1. The fourth-order valence-electron chi connectivity index (χ4n) is 2.71. The average molecular weight is 354 g/mol. The Kier molecular flexibility index (Phi) is 5.86. The number of hydrogen-bond donors (Lipinski definition) is 2. The second-order valence-corrected chi connectivity index (χ2v) is 6.25. The van der Waals surface area contributed by atoms with Crippen molar-refractivity contribution in [2.24, 2.45) is 0 Å². The first-order chi connectivity index (χ1) is 12.6. The van der Waals surface area contributed by atoms with Crippen molar-refractivity contribution in [3.63, 3.8) is 0 Å². The van der Waals surface area contributed by atoms with Gasteiger partial charge in [-0.1, -0.05) is 17.7 Å². The van der Waals surface area contributed by atoms with E-state index in [4.69, 9.17) is 9.47 Å². The molecule has 0 bridgehead atoms. The summed E-state index contributed by atoms with van der Waals surface area (Å²) in [4.78, 5) is 24.2. The van der Waals surface area contributed by atoms with Gasteiger partial charge in [-0.05, 0) is 56.2 Å². The SMILES string of the molecule is Cc1cccc(C(=O)NNC(=O)c2ccc(OCC3CCCO3)cc2)c1. The number of rotatable bonds is 5. The largest absolute Gasteiger partial charge is 0.491 e. The predicted octanol–water partition coefficient (Wildman–Crippen LogP) is 2.63. The molecule has 1 unspecified atom stereocenters. The van der Waals surface area contributed by atoms with Crippen LogP contribution in [0.1, 0.15) is 39.1 Å². The van der Waals surface area contributed by atoms with Gasteiger partial charge in [0.1, 0.15) is 12.4 Å². The zero-order valence-corrected chi connectivity index (χ0v) is 14.7. The summed E-state index contributed by atoms with van der Waals surface area (Å²) in [5.41, 5.74) is 6.72. The van der Waals surface area contributed by atoms with Gasteiger partial charge in [0.2, 0.25) is 0 Å². The van der Waals surface area contributed by atoms with E-state index in [-0.39, 0.29) is 12.0 Å². The third kappa shape index (κ3) is 4.83. The van der Waals surface area contributed by atoms with Gasteiger partial charge in [0.25, 0.3) is 11.8 Å². The van der Waals surface area contributed by atoms with E-state index in [0.717, 1.165) is 25.0 Å². The van der Waals surface area contributed by atoms with Gasteiger partial charge in [0.05, 0.1) is 6.10 Å². The van der Waals surface area contributed by atoms with Gasteiger partial charge in [-0.25, -0.2) is 0 Å². The third-order valence-corrected chi connectivity index (χ3v) is 4.15. The van der Waals surface area contributed by atoms with E-state index in [0.29, 0.717) is 23.5 Å². The molecule has 0 aliphatic carbocycles. The second kappa shape index (κ2) is 8.49. The molecule has 2 aromatic carbocycles. The molecule has 2 N–H and O–H groups in total. The Morgan fingerprint density at radius 1 is 1.08 bits per heavy atom. The summed E-state index contributed by atoms with van der Waals surface area (Å²) in [5.74, 6) is -0.0731. The highest BCUT2D eigenvalue weighted by molar-refractivity contribution is 5.99. The quantitative estimate of drug-likeness (QED) is 0.810. The van der Waals surface area contributed by atoms with Crippen LogP contribution in [-0.4, -0.2) is 31.1 Å². The van der Waals surface area contributed by atoms with E-state index in [9.17, 15) is 9.59 Å². The number of carbonyl (C=O) groups excluding carboxylic acids is 2. The number of carbonyl (C=O) groups is 2. The van der Waals surface area contributed by atoms with E-state index in [2.05, 4.69) is 10.9 Å². The molecule has 1 atom stereocenters. The summed E-state index contributed by atoms with van der Waals surface area (Å²) >= 11 is 0. The summed E-state index contributed by atoms with van der Waals surface area (Å²) in [6, 6.07) is 13.9. The topological polar surface area (TPSA) is 76.7 Å². The van der Waals surface area contributed by atoms with Crippen LogP contribution >= 0.6 is 0 Å². The monoisotopic (exact) mass is 354 g/mol. The third-order valence-electron chi connectivity index (χ3n) is 4.15. The van der Waals surface area contributed by atoms with Gasteiger partial charge < -0.3 is 9.47 Å². The molecule has 0 saturated carbocycles. The van der Waals surface area contributed by atoms with Crippen LogP contribution in [0.25, 0.3) is 0 Å². The van der Waals surface area contributed by atoms with Crippen LogP contribution in [0.2, 0.25) is 0 Å². The molecule has 136 valence electrons. The maximum Gasteiger partial charge on any atom is 0.269 e. The van der Waals surface area contributed by atoms with Crippen molar-refractivity contribution in [1.82, 2.24) is 10.9 Å². The molecule has 0 aromatic heterocycles. The van der Waals surface area contributed by atoms with E-state index in [1.54, 1.807) is 42.5 Å². The van der Waals surface area contributed by atoms with Gasteiger partial charge in [0, 0.05) is 17.7 Å². The van der Waals surface area contributed by atoms with E-state index in [1.165, 1.54) is 0 Å². The molecule has 1 saturated heterocycles. The number of hydrogen-bond acceptors (Lipinski definition) is 4. The zero-order chi connectivity index (χ0) is 18.4. The van der Waals surface area contributed by atoms with Gasteiger partial charge in [-0.3, -0.25) is 20.4 Å². The first-order valence-corrected chi connectivity index (χ1v) is 8.63. The Morgan fingerprint density at radius 2 is 1.81 bits per heavy atom. The minimum atomic E-state index is -0.392. The maximum absolute atomic E-state index is 12.1. The Hall–Kier alpha value is -2.86. The van der Waals surface area contributed by atoms with E-state index < -0.39 is 5.91 Å². The maximum atomic E-state index is 12.1. The van der Waals surface area contributed by atoms with Gasteiger partial charge >= 0.3 is 0 Å². The molecule has 6 heteroatoms. The van der Waals surface area contributed by atoms with Crippen LogP contribution < -0.4 is 15.6 Å². The van der Waals surface area contributed by atoms with Crippen LogP contribution in [0.3, 0.4) is 0 Å². The number of aryl methyl sites for hydroxylation is 1. The molecule has 1 heterocycles. The molecule has 2 aromatic rings. The standard InChI is InChI=1S/C20H22N2O4/c1-14-4-2-5-16(12-14)20(24)22-21-19(23)15-7-9-17(10-8-15)26-13-18-6-3-11-25-18/h2,4-5,7-10,12,18H,3,6,11,13H2,1H3,(H,21,23)(H,22,24). The fourth-order valence-corrected chi connectivity index (χ4v) is 2.71. The summed E-state index contributed by atoms with van der Waals surface area (Å²) in [6.45, 7) is 3.21. The Bertz CT molecular complexity index is 768. The summed E-state index contributed by atoms with van der Waals surface area (Å²) in [6.07, 6.45) is 2.23. The molecule has 1 fully saturated rings. The molecule has 2 amide bonds. The lowest BCUT2D eigenvalue weighted by Crippen LogP contribution is -2.41. The molecule has 0 radical (unpaired) electrons. The number of amides is 2. The van der Waals surface area contributed by atoms with Gasteiger partial charge in [-0.15, -0.1) is 0 Å². The molecule has 1 aliphatic heterocycles. The molecule has 0 spiro atoms. The molecule has 6 nitrogen and oxygen atoms in total. The van der Waals surface area contributed by atoms with Crippen LogP contribution in [0.15, 0.2) is 48.5 Å². The summed E-state index contributed by atoms with van der Waals surface area (Å²) < 4.78 is 11.2.